The maximum atomic E-state index is 11.3. The van der Waals surface area contributed by atoms with E-state index in [0.717, 1.165) is 25.7 Å². The molecule has 1 saturated heterocycles. The second-order valence-corrected chi connectivity index (χ2v) is 10.8. The van der Waals surface area contributed by atoms with Crippen molar-refractivity contribution in [3.8, 4) is 0 Å². The molecule has 24 heavy (non-hydrogen) atoms. The zero-order valence-corrected chi connectivity index (χ0v) is 16.7. The summed E-state index contributed by atoms with van der Waals surface area (Å²) in [6, 6.07) is 0. The molecule has 2 fully saturated rings. The largest absolute Gasteiger partial charge is 0.298 e. The Labute approximate surface area is 147 Å². The van der Waals surface area contributed by atoms with Gasteiger partial charge in [-0.1, -0.05) is 6.92 Å². The molecule has 1 atom stereocenters. The van der Waals surface area contributed by atoms with Crippen LogP contribution in [0.25, 0.3) is 0 Å². The third kappa shape index (κ3) is 4.71. The summed E-state index contributed by atoms with van der Waals surface area (Å²) in [5.41, 5.74) is 0.0915. The first-order valence-corrected chi connectivity index (χ1v) is 10.8. The zero-order chi connectivity index (χ0) is 18.2. The van der Waals surface area contributed by atoms with Gasteiger partial charge >= 0.3 is 0 Å². The second-order valence-electron chi connectivity index (χ2n) is 9.10. The minimum Gasteiger partial charge on any atom is -0.298 e. The highest BCUT2D eigenvalue weighted by molar-refractivity contribution is 7.86. The van der Waals surface area contributed by atoms with Crippen LogP contribution >= 0.6 is 0 Å². The van der Waals surface area contributed by atoms with Crippen molar-refractivity contribution < 1.29 is 17.8 Å². The monoisotopic (exact) mass is 361 g/mol. The number of hydroxylamine groups is 2. The van der Waals surface area contributed by atoms with Gasteiger partial charge in [-0.2, -0.15) is 13.5 Å². The normalized spacial score (nSPS) is 32.4. The Morgan fingerprint density at radius 2 is 1.58 bits per heavy atom. The number of nitrogens with zero attached hydrogens (tertiary/aromatic N) is 1. The van der Waals surface area contributed by atoms with Gasteiger partial charge in [0.05, 0.1) is 11.9 Å². The van der Waals surface area contributed by atoms with E-state index in [2.05, 4.69) is 39.7 Å². The molecule has 1 N–H and O–H groups in total. The Kier molecular flexibility index (Phi) is 6.06. The smallest absolute Gasteiger partial charge is 0.267 e. The standard InChI is InChI=1S/C18H35NO4S/c1-14(15-7-9-16(10-8-15)24(20,21)22)13-23-19-17(2,3)11-6-12-18(19,4)5/h14-16H,6-13H2,1-5H3,(H,20,21,22). The van der Waals surface area contributed by atoms with Gasteiger partial charge in [0, 0.05) is 11.1 Å². The lowest BCUT2D eigenvalue weighted by Gasteiger charge is -2.51. The fraction of sp³-hybridized carbons (Fsp3) is 1.00. The molecule has 0 bridgehead atoms. The molecule has 1 aliphatic carbocycles. The van der Waals surface area contributed by atoms with Crippen molar-refractivity contribution in [3.63, 3.8) is 0 Å². The van der Waals surface area contributed by atoms with Crippen LogP contribution in [0.1, 0.15) is 79.6 Å². The van der Waals surface area contributed by atoms with E-state index in [9.17, 15) is 13.0 Å². The van der Waals surface area contributed by atoms with E-state index in [-0.39, 0.29) is 11.1 Å². The van der Waals surface area contributed by atoms with Gasteiger partial charge in [0.2, 0.25) is 0 Å². The van der Waals surface area contributed by atoms with Crippen LogP contribution in [-0.2, 0) is 15.0 Å². The van der Waals surface area contributed by atoms with Crippen molar-refractivity contribution in [2.45, 2.75) is 95.9 Å². The van der Waals surface area contributed by atoms with Gasteiger partial charge in [-0.3, -0.25) is 9.39 Å². The first kappa shape index (κ1) is 20.1. The summed E-state index contributed by atoms with van der Waals surface area (Å²) in [4.78, 5) is 6.29. The Hall–Kier alpha value is -0.170. The molecule has 1 aliphatic heterocycles. The Balaban J connectivity index is 1.88. The molecule has 0 radical (unpaired) electrons. The van der Waals surface area contributed by atoms with Crippen molar-refractivity contribution in [1.82, 2.24) is 5.06 Å². The molecule has 142 valence electrons. The molecule has 0 aromatic carbocycles. The number of hydrogen-bond donors (Lipinski definition) is 1. The van der Waals surface area contributed by atoms with Crippen LogP contribution in [0.2, 0.25) is 0 Å². The fourth-order valence-corrected chi connectivity index (χ4v) is 5.48. The van der Waals surface area contributed by atoms with E-state index in [4.69, 9.17) is 4.84 Å². The summed E-state index contributed by atoms with van der Waals surface area (Å²) < 4.78 is 31.7. The third-order valence-electron chi connectivity index (χ3n) is 6.09. The summed E-state index contributed by atoms with van der Waals surface area (Å²) in [5, 5.41) is 1.63. The molecule has 0 aromatic rings. The van der Waals surface area contributed by atoms with E-state index < -0.39 is 15.4 Å². The Bertz CT molecular complexity index is 505. The highest BCUT2D eigenvalue weighted by atomic mass is 32.2. The number of piperidine rings is 1. The fourth-order valence-electron chi connectivity index (χ4n) is 4.61. The van der Waals surface area contributed by atoms with E-state index in [0.29, 0.717) is 31.3 Å². The third-order valence-corrected chi connectivity index (χ3v) is 7.40. The maximum Gasteiger partial charge on any atom is 0.267 e. The topological polar surface area (TPSA) is 66.8 Å². The quantitative estimate of drug-likeness (QED) is 0.749. The van der Waals surface area contributed by atoms with Gasteiger partial charge in [-0.05, 0) is 84.5 Å². The van der Waals surface area contributed by atoms with Crippen LogP contribution in [0.15, 0.2) is 0 Å². The minimum atomic E-state index is -3.87. The van der Waals surface area contributed by atoms with Crippen molar-refractivity contribution in [3.05, 3.63) is 0 Å². The molecule has 0 aromatic heterocycles. The van der Waals surface area contributed by atoms with Gasteiger partial charge in [0.1, 0.15) is 0 Å². The summed E-state index contributed by atoms with van der Waals surface area (Å²) in [6.07, 6.45) is 6.34. The summed E-state index contributed by atoms with van der Waals surface area (Å²) in [7, 11) is -3.87. The lowest BCUT2D eigenvalue weighted by molar-refractivity contribution is -0.287. The first-order chi connectivity index (χ1) is 10.9. The molecule has 1 heterocycles. The maximum absolute atomic E-state index is 11.3. The van der Waals surface area contributed by atoms with Crippen molar-refractivity contribution in [2.75, 3.05) is 6.61 Å². The van der Waals surface area contributed by atoms with Crippen LogP contribution in [-0.4, -0.2) is 41.0 Å². The molecule has 0 amide bonds. The van der Waals surface area contributed by atoms with E-state index in [1.165, 1.54) is 6.42 Å². The van der Waals surface area contributed by atoms with Gasteiger partial charge in [-0.25, -0.2) is 0 Å². The van der Waals surface area contributed by atoms with E-state index >= 15 is 0 Å². The van der Waals surface area contributed by atoms with Gasteiger partial charge in [0.15, 0.2) is 0 Å². The van der Waals surface area contributed by atoms with Gasteiger partial charge in [0.25, 0.3) is 10.1 Å². The second kappa shape index (κ2) is 7.22. The molecule has 0 spiro atoms. The van der Waals surface area contributed by atoms with Crippen LogP contribution in [0.5, 0.6) is 0 Å². The molecule has 1 saturated carbocycles. The van der Waals surface area contributed by atoms with Crippen LogP contribution in [0, 0.1) is 11.8 Å². The molecule has 2 rings (SSSR count). The van der Waals surface area contributed by atoms with E-state index in [1.54, 1.807) is 0 Å². The number of hydrogen-bond acceptors (Lipinski definition) is 4. The zero-order valence-electron chi connectivity index (χ0n) is 15.9. The average molecular weight is 362 g/mol. The first-order valence-electron chi connectivity index (χ1n) is 9.33. The molecule has 6 heteroatoms. The Morgan fingerprint density at radius 3 is 2.04 bits per heavy atom. The SMILES string of the molecule is CC(CON1C(C)(C)CCCC1(C)C)C1CCC(S(=O)(=O)O)CC1. The van der Waals surface area contributed by atoms with Crippen LogP contribution in [0.3, 0.4) is 0 Å². The molecule has 2 aliphatic rings. The summed E-state index contributed by atoms with van der Waals surface area (Å²) >= 11 is 0. The summed E-state index contributed by atoms with van der Waals surface area (Å²) in [6.45, 7) is 11.9. The van der Waals surface area contributed by atoms with Gasteiger partial charge in [-0.15, -0.1) is 0 Å². The summed E-state index contributed by atoms with van der Waals surface area (Å²) in [5.74, 6) is 0.861. The van der Waals surface area contributed by atoms with Crippen LogP contribution in [0.4, 0.5) is 0 Å². The van der Waals surface area contributed by atoms with E-state index in [1.807, 2.05) is 0 Å². The van der Waals surface area contributed by atoms with Crippen molar-refractivity contribution >= 4 is 10.1 Å². The predicted molar refractivity (Wildman–Crippen MR) is 96.3 cm³/mol. The lowest BCUT2D eigenvalue weighted by atomic mass is 9.81. The Morgan fingerprint density at radius 1 is 1.08 bits per heavy atom. The molecular formula is C18H35NO4S. The van der Waals surface area contributed by atoms with Gasteiger partial charge < -0.3 is 0 Å². The molecule has 1 unspecified atom stereocenters. The molecule has 5 nitrogen and oxygen atoms in total. The average Bonchev–Trinajstić information content (AvgIpc) is 2.44. The van der Waals surface area contributed by atoms with Crippen LogP contribution < -0.4 is 0 Å². The number of rotatable bonds is 5. The molecular weight excluding hydrogens is 326 g/mol. The highest BCUT2D eigenvalue weighted by Crippen LogP contribution is 2.39. The lowest BCUT2D eigenvalue weighted by Crippen LogP contribution is -2.58. The predicted octanol–water partition coefficient (Wildman–Crippen LogP) is 4.04. The highest BCUT2D eigenvalue weighted by Gasteiger charge is 2.43. The van der Waals surface area contributed by atoms with Crippen molar-refractivity contribution in [2.24, 2.45) is 11.8 Å². The van der Waals surface area contributed by atoms with Crippen molar-refractivity contribution in [1.29, 1.82) is 0 Å². The minimum absolute atomic E-state index is 0.0457.